The third-order valence-electron chi connectivity index (χ3n) is 2.07. The quantitative estimate of drug-likeness (QED) is 0.729. The van der Waals surface area contributed by atoms with Gasteiger partial charge in [-0.3, -0.25) is 4.79 Å². The lowest BCUT2D eigenvalue weighted by Crippen LogP contribution is -2.22. The Bertz CT molecular complexity index is 405. The second-order valence-electron chi connectivity index (χ2n) is 3.17. The molecule has 0 saturated carbocycles. The van der Waals surface area contributed by atoms with E-state index in [-0.39, 0.29) is 5.56 Å². The van der Waals surface area contributed by atoms with E-state index in [1.165, 1.54) is 10.7 Å². The Morgan fingerprint density at radius 2 is 2.40 bits per heavy atom. The molecule has 5 heteroatoms. The zero-order valence-electron chi connectivity index (χ0n) is 8.73. The highest BCUT2D eigenvalue weighted by Crippen LogP contribution is 1.99. The first-order valence-corrected chi connectivity index (χ1v) is 4.90. The number of rotatable bonds is 5. The number of aryl methyl sites for hydroxylation is 1. The predicted molar refractivity (Wildman–Crippen MR) is 57.5 cm³/mol. The van der Waals surface area contributed by atoms with Gasteiger partial charge in [-0.25, -0.2) is 4.68 Å². The molecule has 5 nitrogen and oxygen atoms in total. The highest BCUT2D eigenvalue weighted by atomic mass is 16.1. The molecule has 1 aromatic heterocycles. The third-order valence-corrected chi connectivity index (χ3v) is 2.07. The van der Waals surface area contributed by atoms with Gasteiger partial charge in [0.15, 0.2) is 0 Å². The molecule has 80 valence electrons. The first-order valence-electron chi connectivity index (χ1n) is 4.90. The maximum absolute atomic E-state index is 11.5. The average Bonchev–Trinajstić information content (AvgIpc) is 2.26. The third kappa shape index (κ3) is 3.43. The molecule has 1 N–H and O–H groups in total. The van der Waals surface area contributed by atoms with Crippen LogP contribution in [0.1, 0.15) is 19.3 Å². The monoisotopic (exact) mass is 206 g/mol. The fraction of sp³-hybridized carbons (Fsp3) is 0.500. The van der Waals surface area contributed by atoms with Gasteiger partial charge in [0.2, 0.25) is 0 Å². The van der Waals surface area contributed by atoms with Gasteiger partial charge >= 0.3 is 0 Å². The van der Waals surface area contributed by atoms with Crippen LogP contribution < -0.4 is 10.9 Å². The van der Waals surface area contributed by atoms with Crippen molar-refractivity contribution in [2.24, 2.45) is 0 Å². The highest BCUT2D eigenvalue weighted by molar-refractivity contribution is 5.37. The van der Waals surface area contributed by atoms with Gasteiger partial charge in [0.25, 0.3) is 5.56 Å². The minimum Gasteiger partial charge on any atom is -0.387 e. The van der Waals surface area contributed by atoms with E-state index in [0.717, 1.165) is 12.8 Å². The summed E-state index contributed by atoms with van der Waals surface area (Å²) in [5.41, 5.74) is 0.604. The van der Waals surface area contributed by atoms with Crippen LogP contribution in [0.3, 0.4) is 0 Å². The van der Waals surface area contributed by atoms with Gasteiger partial charge in [-0.2, -0.15) is 10.4 Å². The van der Waals surface area contributed by atoms with Crippen LogP contribution in [-0.4, -0.2) is 16.8 Å². The molecule has 1 aromatic rings. The van der Waals surface area contributed by atoms with Gasteiger partial charge in [0.1, 0.15) is 0 Å². The number of nitrogens with one attached hydrogen (secondary N) is 1. The van der Waals surface area contributed by atoms with Crippen molar-refractivity contribution < 1.29 is 0 Å². The van der Waals surface area contributed by atoms with Gasteiger partial charge in [-0.15, -0.1) is 0 Å². The number of hydrogen-bond donors (Lipinski definition) is 1. The second-order valence-corrected chi connectivity index (χ2v) is 3.17. The molecule has 0 amide bonds. The Morgan fingerprint density at radius 3 is 3.00 bits per heavy atom. The summed E-state index contributed by atoms with van der Waals surface area (Å²) in [4.78, 5) is 11.5. The summed E-state index contributed by atoms with van der Waals surface area (Å²) in [5.74, 6) is 0. The van der Waals surface area contributed by atoms with E-state index in [1.54, 1.807) is 13.2 Å². The number of anilines is 1. The van der Waals surface area contributed by atoms with E-state index in [9.17, 15) is 4.79 Å². The molecule has 0 aliphatic carbocycles. The summed E-state index contributed by atoms with van der Waals surface area (Å²) in [6.45, 7) is 0.574. The Morgan fingerprint density at radius 1 is 1.60 bits per heavy atom. The van der Waals surface area contributed by atoms with Gasteiger partial charge in [0, 0.05) is 26.1 Å². The minimum absolute atomic E-state index is 0.112. The number of unbranched alkanes of at least 4 members (excludes halogenated alkanes) is 2. The molecule has 0 radical (unpaired) electrons. The fourth-order valence-electron chi connectivity index (χ4n) is 1.20. The normalized spacial score (nSPS) is 9.60. The van der Waals surface area contributed by atoms with Crippen molar-refractivity contribution in [1.29, 1.82) is 5.26 Å². The largest absolute Gasteiger partial charge is 0.387 e. The van der Waals surface area contributed by atoms with Gasteiger partial charge in [0.05, 0.1) is 18.0 Å². The van der Waals surface area contributed by atoms with E-state index in [2.05, 4.69) is 16.5 Å². The van der Waals surface area contributed by atoms with Crippen LogP contribution in [-0.2, 0) is 6.54 Å². The smallest absolute Gasteiger partial charge is 0.268 e. The van der Waals surface area contributed by atoms with Gasteiger partial charge < -0.3 is 5.32 Å². The van der Waals surface area contributed by atoms with E-state index in [1.807, 2.05) is 0 Å². The van der Waals surface area contributed by atoms with E-state index in [0.29, 0.717) is 18.7 Å². The van der Waals surface area contributed by atoms with E-state index >= 15 is 0 Å². The first kappa shape index (κ1) is 11.2. The molecule has 0 saturated heterocycles. The molecule has 0 spiro atoms. The molecule has 0 aromatic carbocycles. The lowest BCUT2D eigenvalue weighted by Gasteiger charge is -2.04. The maximum atomic E-state index is 11.5. The summed E-state index contributed by atoms with van der Waals surface area (Å²) in [6.07, 6.45) is 3.76. The lowest BCUT2D eigenvalue weighted by molar-refractivity contribution is 0.535. The van der Waals surface area contributed by atoms with Gasteiger partial charge in [-0.05, 0) is 12.8 Å². The zero-order valence-corrected chi connectivity index (χ0v) is 8.73. The molecule has 0 atom stereocenters. The molecular weight excluding hydrogens is 192 g/mol. The highest BCUT2D eigenvalue weighted by Gasteiger charge is 1.98. The molecular formula is C10H14N4O. The standard InChI is InChI=1S/C10H14N4O/c1-12-9-7-10(15)14(13-8-9)6-4-2-3-5-11/h7-8,12H,2-4,6H2,1H3. The molecule has 0 bridgehead atoms. The summed E-state index contributed by atoms with van der Waals surface area (Å²) < 4.78 is 1.41. The van der Waals surface area contributed by atoms with Crippen molar-refractivity contribution in [2.75, 3.05) is 12.4 Å². The first-order chi connectivity index (χ1) is 7.27. The number of nitriles is 1. The summed E-state index contributed by atoms with van der Waals surface area (Å²) in [6, 6.07) is 3.58. The predicted octanol–water partition coefficient (Wildman–Crippen LogP) is 0.979. The van der Waals surface area contributed by atoms with Crippen molar-refractivity contribution in [3.8, 4) is 6.07 Å². The molecule has 0 unspecified atom stereocenters. The Balaban J connectivity index is 2.55. The number of aromatic nitrogens is 2. The summed E-state index contributed by atoms with van der Waals surface area (Å²) in [5, 5.41) is 15.2. The van der Waals surface area contributed by atoms with Crippen LogP contribution in [0.15, 0.2) is 17.1 Å². The average molecular weight is 206 g/mol. The Kier molecular flexibility index (Phi) is 4.35. The van der Waals surface area contributed by atoms with Crippen molar-refractivity contribution >= 4 is 5.69 Å². The lowest BCUT2D eigenvalue weighted by atomic mass is 10.2. The summed E-state index contributed by atoms with van der Waals surface area (Å²) >= 11 is 0. The van der Waals surface area contributed by atoms with Crippen LogP contribution in [0.25, 0.3) is 0 Å². The second kappa shape index (κ2) is 5.81. The molecule has 0 fully saturated rings. The molecule has 0 aliphatic heterocycles. The molecule has 1 heterocycles. The molecule has 1 rings (SSSR count). The van der Waals surface area contributed by atoms with Crippen molar-refractivity contribution in [3.63, 3.8) is 0 Å². The van der Waals surface area contributed by atoms with E-state index in [4.69, 9.17) is 5.26 Å². The molecule has 15 heavy (non-hydrogen) atoms. The SMILES string of the molecule is CNc1cnn(CCCCC#N)c(=O)c1. The number of hydrogen-bond acceptors (Lipinski definition) is 4. The van der Waals surface area contributed by atoms with Crippen LogP contribution in [0, 0.1) is 11.3 Å². The van der Waals surface area contributed by atoms with Crippen LogP contribution in [0.5, 0.6) is 0 Å². The van der Waals surface area contributed by atoms with Crippen molar-refractivity contribution in [3.05, 3.63) is 22.6 Å². The minimum atomic E-state index is -0.112. The van der Waals surface area contributed by atoms with Crippen molar-refractivity contribution in [2.45, 2.75) is 25.8 Å². The zero-order chi connectivity index (χ0) is 11.1. The summed E-state index contributed by atoms with van der Waals surface area (Å²) in [7, 11) is 1.74. The topological polar surface area (TPSA) is 70.7 Å². The van der Waals surface area contributed by atoms with Crippen molar-refractivity contribution in [1.82, 2.24) is 9.78 Å². The van der Waals surface area contributed by atoms with Gasteiger partial charge in [-0.1, -0.05) is 0 Å². The fourth-order valence-corrected chi connectivity index (χ4v) is 1.20. The molecule has 0 aliphatic rings. The Hall–Kier alpha value is -1.83. The van der Waals surface area contributed by atoms with Crippen LogP contribution in [0.4, 0.5) is 5.69 Å². The Labute approximate surface area is 88.3 Å². The maximum Gasteiger partial charge on any atom is 0.268 e. The van der Waals surface area contributed by atoms with E-state index < -0.39 is 0 Å². The number of nitrogens with zero attached hydrogens (tertiary/aromatic N) is 3. The van der Waals surface area contributed by atoms with Crippen LogP contribution in [0.2, 0.25) is 0 Å². The van der Waals surface area contributed by atoms with Crippen LogP contribution >= 0.6 is 0 Å².